The Morgan fingerprint density at radius 1 is 1.07 bits per heavy atom. The van der Waals surface area contributed by atoms with Gasteiger partial charge in [0, 0.05) is 29.0 Å². The van der Waals surface area contributed by atoms with E-state index in [-0.39, 0.29) is 18.3 Å². The number of hydrogen-bond acceptors (Lipinski definition) is 5. The molecule has 144 valence electrons. The number of aryl methyl sites for hydroxylation is 1. The summed E-state index contributed by atoms with van der Waals surface area (Å²) in [6.07, 6.45) is 3.49. The Kier molecular flexibility index (Phi) is 5.35. The molecule has 4 rings (SSSR count). The monoisotopic (exact) mass is 402 g/mol. The maximum Gasteiger partial charge on any atom is 0.262 e. The van der Waals surface area contributed by atoms with Gasteiger partial charge in [-0.3, -0.25) is 14.6 Å². The number of aromatic nitrogens is 1. The van der Waals surface area contributed by atoms with Gasteiger partial charge in [0.2, 0.25) is 5.78 Å². The Morgan fingerprint density at radius 3 is 2.76 bits per heavy atom. The molecule has 4 aromatic rings. The molecule has 0 unspecified atom stereocenters. The van der Waals surface area contributed by atoms with Crippen molar-refractivity contribution in [1.29, 1.82) is 0 Å². The van der Waals surface area contributed by atoms with E-state index in [1.165, 1.54) is 11.3 Å². The summed E-state index contributed by atoms with van der Waals surface area (Å²) in [7, 11) is 0. The van der Waals surface area contributed by atoms with Crippen molar-refractivity contribution in [3.8, 4) is 5.75 Å². The first-order chi connectivity index (χ1) is 14.1. The maximum absolute atomic E-state index is 12.4. The molecule has 0 bridgehead atoms. The third kappa shape index (κ3) is 4.33. The maximum atomic E-state index is 12.4. The van der Waals surface area contributed by atoms with Gasteiger partial charge in [0.05, 0.1) is 4.88 Å². The molecule has 1 amide bonds. The summed E-state index contributed by atoms with van der Waals surface area (Å²) >= 11 is 1.41. The summed E-state index contributed by atoms with van der Waals surface area (Å²) < 4.78 is 5.65. The van der Waals surface area contributed by atoms with E-state index in [1.54, 1.807) is 36.7 Å². The predicted octanol–water partition coefficient (Wildman–Crippen LogP) is 4.85. The lowest BCUT2D eigenvalue weighted by Crippen LogP contribution is -2.20. The van der Waals surface area contributed by atoms with Crippen molar-refractivity contribution in [2.45, 2.75) is 6.92 Å². The molecule has 0 aliphatic carbocycles. The van der Waals surface area contributed by atoms with Gasteiger partial charge in [-0.15, -0.1) is 11.3 Å². The molecule has 5 nitrogen and oxygen atoms in total. The van der Waals surface area contributed by atoms with Gasteiger partial charge in [-0.25, -0.2) is 0 Å². The average Bonchev–Trinajstić information content (AvgIpc) is 3.27. The molecule has 2 heterocycles. The van der Waals surface area contributed by atoms with Crippen LogP contribution in [0.15, 0.2) is 72.4 Å². The Bertz CT molecular complexity index is 1190. The first-order valence-corrected chi connectivity index (χ1v) is 9.93. The van der Waals surface area contributed by atoms with Gasteiger partial charge in [-0.2, -0.15) is 0 Å². The molecule has 0 aliphatic rings. The summed E-state index contributed by atoms with van der Waals surface area (Å²) in [4.78, 5) is 29.5. The van der Waals surface area contributed by atoms with Gasteiger partial charge in [-0.1, -0.05) is 12.1 Å². The minimum atomic E-state index is -0.253. The number of pyridine rings is 1. The van der Waals surface area contributed by atoms with E-state index in [0.717, 1.165) is 16.3 Å². The number of amides is 1. The van der Waals surface area contributed by atoms with Crippen molar-refractivity contribution in [3.05, 3.63) is 88.4 Å². The van der Waals surface area contributed by atoms with Crippen LogP contribution in [-0.2, 0) is 4.79 Å². The van der Waals surface area contributed by atoms with Crippen LogP contribution < -0.4 is 10.1 Å². The molecule has 0 saturated carbocycles. The zero-order valence-electron chi connectivity index (χ0n) is 15.7. The van der Waals surface area contributed by atoms with Crippen molar-refractivity contribution in [2.75, 3.05) is 11.9 Å². The fourth-order valence-electron chi connectivity index (χ4n) is 3.00. The molecule has 0 aliphatic heterocycles. The second-order valence-corrected chi connectivity index (χ2v) is 7.51. The fourth-order valence-corrected chi connectivity index (χ4v) is 3.69. The molecule has 2 aromatic carbocycles. The van der Waals surface area contributed by atoms with E-state index in [2.05, 4.69) is 10.3 Å². The number of ether oxygens (including phenoxy) is 1. The number of carbonyl (C=O) groups excluding carboxylic acids is 2. The smallest absolute Gasteiger partial charge is 0.262 e. The highest BCUT2D eigenvalue weighted by Crippen LogP contribution is 2.23. The van der Waals surface area contributed by atoms with E-state index in [0.29, 0.717) is 21.9 Å². The van der Waals surface area contributed by atoms with E-state index in [9.17, 15) is 9.59 Å². The van der Waals surface area contributed by atoms with Gasteiger partial charge in [-0.05, 0) is 65.7 Å². The zero-order chi connectivity index (χ0) is 20.2. The topological polar surface area (TPSA) is 68.3 Å². The van der Waals surface area contributed by atoms with Gasteiger partial charge >= 0.3 is 0 Å². The number of nitrogens with zero attached hydrogens (tertiary/aromatic N) is 1. The molecule has 0 atom stereocenters. The number of benzene rings is 2. The first-order valence-electron chi connectivity index (χ1n) is 9.05. The number of anilines is 1. The molecule has 2 aromatic heterocycles. The zero-order valence-corrected chi connectivity index (χ0v) is 16.5. The molecule has 6 heteroatoms. The van der Waals surface area contributed by atoms with Crippen LogP contribution in [0.1, 0.15) is 20.8 Å². The lowest BCUT2D eigenvalue weighted by molar-refractivity contribution is -0.118. The summed E-state index contributed by atoms with van der Waals surface area (Å²) in [5, 5.41) is 6.72. The number of rotatable bonds is 6. The minimum Gasteiger partial charge on any atom is -0.483 e. The molecule has 29 heavy (non-hydrogen) atoms. The quantitative estimate of drug-likeness (QED) is 0.468. The number of ketones is 1. The minimum absolute atomic E-state index is 0.0149. The highest BCUT2D eigenvalue weighted by Gasteiger charge is 2.12. The summed E-state index contributed by atoms with van der Waals surface area (Å²) in [6.45, 7) is 1.74. The van der Waals surface area contributed by atoms with Crippen molar-refractivity contribution < 1.29 is 14.3 Å². The highest BCUT2D eigenvalue weighted by molar-refractivity contribution is 7.12. The van der Waals surface area contributed by atoms with Gasteiger partial charge < -0.3 is 10.1 Å². The highest BCUT2D eigenvalue weighted by atomic mass is 32.1. The number of carbonyl (C=O) groups is 2. The van der Waals surface area contributed by atoms with Crippen LogP contribution in [0.2, 0.25) is 0 Å². The molecular weight excluding hydrogens is 384 g/mol. The largest absolute Gasteiger partial charge is 0.483 e. The van der Waals surface area contributed by atoms with Crippen LogP contribution in [0, 0.1) is 6.92 Å². The number of thiophene rings is 1. The normalized spacial score (nSPS) is 10.7. The number of hydrogen-bond donors (Lipinski definition) is 1. The Hall–Kier alpha value is -3.51. The standard InChI is InChI=1S/C23H18N2O3S/c1-15-11-17(23(27)21-3-2-10-29-21)5-7-20(15)28-14-22(26)25-19-6-4-18-13-24-9-8-16(18)12-19/h2-13H,14H2,1H3,(H,25,26). The first kappa shape index (κ1) is 18.8. The van der Waals surface area contributed by atoms with Crippen LogP contribution >= 0.6 is 11.3 Å². The van der Waals surface area contributed by atoms with Crippen LogP contribution in [0.3, 0.4) is 0 Å². The Balaban J connectivity index is 1.39. The summed E-state index contributed by atoms with van der Waals surface area (Å²) in [5.41, 5.74) is 2.11. The summed E-state index contributed by atoms with van der Waals surface area (Å²) in [6, 6.07) is 16.4. The molecular formula is C23H18N2O3S. The molecule has 0 radical (unpaired) electrons. The fraction of sp³-hybridized carbons (Fsp3) is 0.0870. The summed E-state index contributed by atoms with van der Waals surface area (Å²) in [5.74, 6) is 0.308. The Morgan fingerprint density at radius 2 is 1.97 bits per heavy atom. The molecule has 0 spiro atoms. The SMILES string of the molecule is Cc1cc(C(=O)c2cccs2)ccc1OCC(=O)Nc1ccc2cnccc2c1. The third-order valence-electron chi connectivity index (χ3n) is 4.47. The number of nitrogens with one attached hydrogen (secondary N) is 1. The molecule has 1 N–H and O–H groups in total. The van der Waals surface area contributed by atoms with Crippen molar-refractivity contribution >= 4 is 39.5 Å². The van der Waals surface area contributed by atoms with E-state index >= 15 is 0 Å². The Labute approximate surface area is 172 Å². The van der Waals surface area contributed by atoms with Gasteiger partial charge in [0.1, 0.15) is 5.75 Å². The lowest BCUT2D eigenvalue weighted by atomic mass is 10.1. The lowest BCUT2D eigenvalue weighted by Gasteiger charge is -2.11. The third-order valence-corrected chi connectivity index (χ3v) is 5.33. The second kappa shape index (κ2) is 8.24. The van der Waals surface area contributed by atoms with Gasteiger partial charge in [0.25, 0.3) is 5.91 Å². The van der Waals surface area contributed by atoms with Crippen LogP contribution in [0.4, 0.5) is 5.69 Å². The van der Waals surface area contributed by atoms with Crippen molar-refractivity contribution in [1.82, 2.24) is 4.98 Å². The second-order valence-electron chi connectivity index (χ2n) is 6.56. The van der Waals surface area contributed by atoms with Crippen LogP contribution in [0.5, 0.6) is 5.75 Å². The van der Waals surface area contributed by atoms with Crippen molar-refractivity contribution in [3.63, 3.8) is 0 Å². The van der Waals surface area contributed by atoms with Crippen LogP contribution in [-0.4, -0.2) is 23.3 Å². The molecule has 0 saturated heterocycles. The predicted molar refractivity (Wildman–Crippen MR) is 115 cm³/mol. The van der Waals surface area contributed by atoms with E-state index < -0.39 is 0 Å². The van der Waals surface area contributed by atoms with Crippen LogP contribution in [0.25, 0.3) is 10.8 Å². The van der Waals surface area contributed by atoms with Gasteiger partial charge in [0.15, 0.2) is 6.61 Å². The molecule has 0 fully saturated rings. The van der Waals surface area contributed by atoms with E-state index in [1.807, 2.05) is 42.6 Å². The van der Waals surface area contributed by atoms with Crippen molar-refractivity contribution in [2.24, 2.45) is 0 Å². The number of fused-ring (bicyclic) bond motifs is 1. The van der Waals surface area contributed by atoms with E-state index in [4.69, 9.17) is 4.74 Å². The average molecular weight is 402 g/mol.